The lowest BCUT2D eigenvalue weighted by Gasteiger charge is -2.26. The molecule has 1 aliphatic carbocycles. The Morgan fingerprint density at radius 3 is 2.46 bits per heavy atom. The van der Waals surface area contributed by atoms with E-state index in [-0.39, 0.29) is 17.9 Å². The van der Waals surface area contributed by atoms with Gasteiger partial charge in [-0.25, -0.2) is 0 Å². The number of ether oxygens (including phenoxy) is 1. The highest BCUT2D eigenvalue weighted by Gasteiger charge is 2.39. The van der Waals surface area contributed by atoms with Gasteiger partial charge in [-0.15, -0.1) is 0 Å². The van der Waals surface area contributed by atoms with Crippen molar-refractivity contribution < 1.29 is 14.6 Å². The molecule has 24 heavy (non-hydrogen) atoms. The molecule has 0 spiro atoms. The van der Waals surface area contributed by atoms with E-state index in [0.717, 1.165) is 37.8 Å². The smallest absolute Gasteiger partial charge is 0.230 e. The second kappa shape index (κ2) is 8.49. The zero-order valence-electron chi connectivity index (χ0n) is 15.0. The van der Waals surface area contributed by atoms with Gasteiger partial charge in [0.2, 0.25) is 5.91 Å². The molecule has 1 amide bonds. The van der Waals surface area contributed by atoms with E-state index >= 15 is 0 Å². The second-order valence-corrected chi connectivity index (χ2v) is 7.05. The number of aliphatic hydroxyl groups is 1. The molecular formula is C19H30N2O3. The Balaban J connectivity index is 1.86. The van der Waals surface area contributed by atoms with Crippen molar-refractivity contribution in [2.24, 2.45) is 5.41 Å². The normalized spacial score (nSPS) is 17.7. The van der Waals surface area contributed by atoms with Crippen LogP contribution in [0.15, 0.2) is 24.3 Å². The van der Waals surface area contributed by atoms with E-state index < -0.39 is 6.10 Å². The minimum atomic E-state index is -0.522. The van der Waals surface area contributed by atoms with Crippen LogP contribution < -0.4 is 10.1 Å². The third-order valence-corrected chi connectivity index (χ3v) is 4.85. The zero-order valence-corrected chi connectivity index (χ0v) is 15.0. The van der Waals surface area contributed by atoms with Crippen molar-refractivity contribution in [3.05, 3.63) is 24.3 Å². The van der Waals surface area contributed by atoms with Crippen LogP contribution in [0.25, 0.3) is 0 Å². The zero-order chi connectivity index (χ0) is 17.6. The summed E-state index contributed by atoms with van der Waals surface area (Å²) in [5, 5.41) is 12.9. The topological polar surface area (TPSA) is 61.8 Å². The van der Waals surface area contributed by atoms with Gasteiger partial charge in [-0.05, 0) is 57.6 Å². The molecule has 2 N–H and O–H groups in total. The van der Waals surface area contributed by atoms with Crippen molar-refractivity contribution in [1.29, 1.82) is 0 Å². The Hall–Kier alpha value is -1.59. The molecule has 5 heteroatoms. The Labute approximate surface area is 145 Å². The number of aliphatic hydroxyl groups excluding tert-OH is 1. The van der Waals surface area contributed by atoms with Crippen LogP contribution in [-0.4, -0.2) is 49.3 Å². The fraction of sp³-hybridized carbons (Fsp3) is 0.632. The first-order chi connectivity index (χ1) is 11.4. The van der Waals surface area contributed by atoms with E-state index in [9.17, 15) is 9.90 Å². The molecule has 0 aliphatic heterocycles. The predicted molar refractivity (Wildman–Crippen MR) is 96.3 cm³/mol. The molecule has 1 saturated carbocycles. The fourth-order valence-corrected chi connectivity index (χ4v) is 3.36. The standard InChI is InChI=1S/C19H30N2O3/c1-4-19(11-5-6-12-19)18(23)20-15-7-9-17(10-8-15)24-14-16(22)13-21(2)3/h7-10,16,22H,4-6,11-14H2,1-3H3,(H,20,23). The number of likely N-dealkylation sites (N-methyl/N-ethyl adjacent to an activating group) is 1. The van der Waals surface area contributed by atoms with E-state index in [1.807, 2.05) is 43.3 Å². The average Bonchev–Trinajstić information content (AvgIpc) is 3.04. The van der Waals surface area contributed by atoms with Gasteiger partial charge < -0.3 is 20.1 Å². The van der Waals surface area contributed by atoms with Gasteiger partial charge in [0.25, 0.3) is 0 Å². The van der Waals surface area contributed by atoms with Crippen LogP contribution in [0, 0.1) is 5.41 Å². The number of benzene rings is 1. The molecule has 1 aliphatic rings. The van der Waals surface area contributed by atoms with Gasteiger partial charge in [-0.2, -0.15) is 0 Å². The van der Waals surface area contributed by atoms with Crippen molar-refractivity contribution in [1.82, 2.24) is 4.90 Å². The van der Waals surface area contributed by atoms with Crippen molar-refractivity contribution in [2.75, 3.05) is 32.6 Å². The largest absolute Gasteiger partial charge is 0.491 e. The lowest BCUT2D eigenvalue weighted by Crippen LogP contribution is -2.33. The van der Waals surface area contributed by atoms with Crippen LogP contribution in [0.2, 0.25) is 0 Å². The summed E-state index contributed by atoms with van der Waals surface area (Å²) in [5.41, 5.74) is 0.603. The van der Waals surface area contributed by atoms with Crippen LogP contribution in [0.5, 0.6) is 5.75 Å². The molecule has 0 bridgehead atoms. The molecule has 2 rings (SSSR count). The molecule has 1 aromatic rings. The lowest BCUT2D eigenvalue weighted by atomic mass is 9.82. The molecule has 5 nitrogen and oxygen atoms in total. The number of carbonyl (C=O) groups is 1. The number of anilines is 1. The number of carbonyl (C=O) groups excluding carboxylic acids is 1. The number of hydrogen-bond donors (Lipinski definition) is 2. The van der Waals surface area contributed by atoms with E-state index in [1.54, 1.807) is 0 Å². The summed E-state index contributed by atoms with van der Waals surface area (Å²) in [7, 11) is 3.82. The number of rotatable bonds is 8. The van der Waals surface area contributed by atoms with Crippen LogP contribution in [-0.2, 0) is 4.79 Å². The van der Waals surface area contributed by atoms with E-state index in [0.29, 0.717) is 12.3 Å². The Bertz CT molecular complexity index is 522. The molecule has 134 valence electrons. The maximum absolute atomic E-state index is 12.6. The molecule has 0 aromatic heterocycles. The maximum Gasteiger partial charge on any atom is 0.230 e. The Kier molecular flexibility index (Phi) is 6.63. The van der Waals surface area contributed by atoms with Crippen LogP contribution in [0.1, 0.15) is 39.0 Å². The van der Waals surface area contributed by atoms with Crippen LogP contribution in [0.4, 0.5) is 5.69 Å². The SMILES string of the molecule is CCC1(C(=O)Nc2ccc(OCC(O)CN(C)C)cc2)CCCC1. The maximum atomic E-state index is 12.6. The molecule has 0 heterocycles. The van der Waals surface area contributed by atoms with Crippen molar-refractivity contribution >= 4 is 11.6 Å². The van der Waals surface area contributed by atoms with Crippen LogP contribution >= 0.6 is 0 Å². The van der Waals surface area contributed by atoms with Gasteiger partial charge in [-0.3, -0.25) is 4.79 Å². The van der Waals surface area contributed by atoms with Gasteiger partial charge in [0.15, 0.2) is 0 Å². The van der Waals surface area contributed by atoms with E-state index in [4.69, 9.17) is 4.74 Å². The van der Waals surface area contributed by atoms with E-state index in [1.165, 1.54) is 0 Å². The summed E-state index contributed by atoms with van der Waals surface area (Å²) in [6.07, 6.45) is 4.63. The highest BCUT2D eigenvalue weighted by molar-refractivity contribution is 5.95. The minimum absolute atomic E-state index is 0.137. The molecule has 0 saturated heterocycles. The number of nitrogens with zero attached hydrogens (tertiary/aromatic N) is 1. The highest BCUT2D eigenvalue weighted by Crippen LogP contribution is 2.41. The summed E-state index contributed by atoms with van der Waals surface area (Å²) in [5.74, 6) is 0.828. The van der Waals surface area contributed by atoms with Gasteiger partial charge in [-0.1, -0.05) is 19.8 Å². The van der Waals surface area contributed by atoms with Crippen molar-refractivity contribution in [2.45, 2.75) is 45.1 Å². The summed E-state index contributed by atoms with van der Waals surface area (Å²) in [4.78, 5) is 14.5. The first-order valence-electron chi connectivity index (χ1n) is 8.82. The number of hydrogen-bond acceptors (Lipinski definition) is 4. The minimum Gasteiger partial charge on any atom is -0.491 e. The van der Waals surface area contributed by atoms with Crippen molar-refractivity contribution in [3.8, 4) is 5.75 Å². The van der Waals surface area contributed by atoms with Gasteiger partial charge in [0, 0.05) is 17.6 Å². The van der Waals surface area contributed by atoms with E-state index in [2.05, 4.69) is 12.2 Å². The third kappa shape index (κ3) is 4.95. The third-order valence-electron chi connectivity index (χ3n) is 4.85. The molecule has 1 fully saturated rings. The summed E-state index contributed by atoms with van der Waals surface area (Å²) in [6, 6.07) is 7.35. The molecule has 1 aromatic carbocycles. The molecular weight excluding hydrogens is 304 g/mol. The Morgan fingerprint density at radius 2 is 1.92 bits per heavy atom. The second-order valence-electron chi connectivity index (χ2n) is 7.05. The average molecular weight is 334 g/mol. The molecule has 0 radical (unpaired) electrons. The Morgan fingerprint density at radius 1 is 1.29 bits per heavy atom. The first-order valence-corrected chi connectivity index (χ1v) is 8.82. The first kappa shape index (κ1) is 18.7. The summed E-state index contributed by atoms with van der Waals surface area (Å²) in [6.45, 7) is 2.91. The summed E-state index contributed by atoms with van der Waals surface area (Å²) < 4.78 is 5.58. The fourth-order valence-electron chi connectivity index (χ4n) is 3.36. The molecule has 1 unspecified atom stereocenters. The quantitative estimate of drug-likeness (QED) is 0.767. The highest BCUT2D eigenvalue weighted by atomic mass is 16.5. The van der Waals surface area contributed by atoms with Crippen molar-refractivity contribution in [3.63, 3.8) is 0 Å². The van der Waals surface area contributed by atoms with Gasteiger partial charge in [0.05, 0.1) is 0 Å². The summed E-state index contributed by atoms with van der Waals surface area (Å²) >= 11 is 0. The molecule has 1 atom stereocenters. The monoisotopic (exact) mass is 334 g/mol. The lowest BCUT2D eigenvalue weighted by molar-refractivity contribution is -0.125. The number of amides is 1. The predicted octanol–water partition coefficient (Wildman–Crippen LogP) is 2.90. The van der Waals surface area contributed by atoms with Gasteiger partial charge >= 0.3 is 0 Å². The van der Waals surface area contributed by atoms with Crippen LogP contribution in [0.3, 0.4) is 0 Å². The number of nitrogens with one attached hydrogen (secondary N) is 1. The van der Waals surface area contributed by atoms with Gasteiger partial charge in [0.1, 0.15) is 18.5 Å².